The summed E-state index contributed by atoms with van der Waals surface area (Å²) in [5.41, 5.74) is 1.10. The first-order valence-corrected chi connectivity index (χ1v) is 8.01. The van der Waals surface area contributed by atoms with E-state index in [1.807, 2.05) is 23.2 Å². The summed E-state index contributed by atoms with van der Waals surface area (Å²) in [5.74, 6) is 0.201. The highest BCUT2D eigenvalue weighted by molar-refractivity contribution is 7.12. The molecule has 22 heavy (non-hydrogen) atoms. The van der Waals surface area contributed by atoms with Crippen LogP contribution in [0.1, 0.15) is 21.4 Å². The number of carbonyl (C=O) groups excluding carboxylic acids is 1. The number of hydrogen-bond donors (Lipinski definition) is 1. The first-order valence-electron chi connectivity index (χ1n) is 7.19. The van der Waals surface area contributed by atoms with Crippen LogP contribution in [0.4, 0.5) is 0 Å². The highest BCUT2D eigenvalue weighted by Crippen LogP contribution is 2.23. The fourth-order valence-electron chi connectivity index (χ4n) is 2.70. The minimum absolute atomic E-state index is 0. The lowest BCUT2D eigenvalue weighted by Crippen LogP contribution is -2.49. The third-order valence-corrected chi connectivity index (χ3v) is 4.76. The van der Waals surface area contributed by atoms with Crippen LogP contribution in [0.2, 0.25) is 0 Å². The molecule has 0 aliphatic carbocycles. The maximum Gasteiger partial charge on any atom is 0.228 e. The molecule has 3 heterocycles. The van der Waals surface area contributed by atoms with Gasteiger partial charge >= 0.3 is 0 Å². The summed E-state index contributed by atoms with van der Waals surface area (Å²) in [5, 5.41) is 3.37. The van der Waals surface area contributed by atoms with Gasteiger partial charge in [-0.25, -0.2) is 0 Å². The summed E-state index contributed by atoms with van der Waals surface area (Å²) in [7, 11) is 0. The second-order valence-corrected chi connectivity index (χ2v) is 6.66. The van der Waals surface area contributed by atoms with Crippen molar-refractivity contribution in [2.24, 2.45) is 0 Å². The van der Waals surface area contributed by atoms with Crippen LogP contribution in [0.5, 0.6) is 0 Å². The lowest BCUT2D eigenvalue weighted by molar-refractivity contribution is -0.133. The number of halogens is 1. The number of pyridine rings is 1. The summed E-state index contributed by atoms with van der Waals surface area (Å²) < 4.78 is 0. The van der Waals surface area contributed by atoms with E-state index in [4.69, 9.17) is 0 Å². The predicted octanol–water partition coefficient (Wildman–Crippen LogP) is 2.59. The van der Waals surface area contributed by atoms with Gasteiger partial charge in [-0.05, 0) is 30.7 Å². The number of nitrogens with zero attached hydrogens (tertiary/aromatic N) is 2. The molecule has 1 saturated heterocycles. The minimum atomic E-state index is 0. The molecule has 3 rings (SSSR count). The molecule has 0 aromatic carbocycles. The van der Waals surface area contributed by atoms with E-state index < -0.39 is 0 Å². The van der Waals surface area contributed by atoms with Crippen molar-refractivity contribution in [2.75, 3.05) is 19.6 Å². The summed E-state index contributed by atoms with van der Waals surface area (Å²) in [4.78, 5) is 21.2. The van der Waals surface area contributed by atoms with E-state index in [1.165, 1.54) is 4.88 Å². The van der Waals surface area contributed by atoms with Crippen molar-refractivity contribution in [2.45, 2.75) is 19.4 Å². The first kappa shape index (κ1) is 16.9. The van der Waals surface area contributed by atoms with E-state index in [0.717, 1.165) is 30.1 Å². The average Bonchev–Trinajstić information content (AvgIpc) is 2.93. The van der Waals surface area contributed by atoms with Gasteiger partial charge in [-0.2, -0.15) is 0 Å². The van der Waals surface area contributed by atoms with E-state index >= 15 is 0 Å². The van der Waals surface area contributed by atoms with Crippen LogP contribution < -0.4 is 5.32 Å². The lowest BCUT2D eigenvalue weighted by Gasteiger charge is -2.36. The number of amides is 1. The normalized spacial score (nSPS) is 17.9. The Kier molecular flexibility index (Phi) is 5.94. The van der Waals surface area contributed by atoms with Crippen LogP contribution in [-0.2, 0) is 11.2 Å². The highest BCUT2D eigenvalue weighted by atomic mass is 35.5. The Morgan fingerprint density at radius 1 is 1.45 bits per heavy atom. The quantitative estimate of drug-likeness (QED) is 0.936. The van der Waals surface area contributed by atoms with E-state index in [2.05, 4.69) is 29.4 Å². The molecule has 118 valence electrons. The lowest BCUT2D eigenvalue weighted by atomic mass is 10.0. The molecule has 0 bridgehead atoms. The molecular weight excluding hydrogens is 318 g/mol. The summed E-state index contributed by atoms with van der Waals surface area (Å²) in [6, 6.07) is 8.18. The van der Waals surface area contributed by atoms with Crippen molar-refractivity contribution in [3.8, 4) is 0 Å². The third-order valence-electron chi connectivity index (χ3n) is 3.75. The fourth-order valence-corrected chi connectivity index (χ4v) is 3.59. The Balaban J connectivity index is 0.00000176. The number of aromatic nitrogens is 1. The van der Waals surface area contributed by atoms with E-state index in [9.17, 15) is 4.79 Å². The van der Waals surface area contributed by atoms with Crippen LogP contribution in [0.15, 0.2) is 36.7 Å². The molecule has 0 radical (unpaired) electrons. The van der Waals surface area contributed by atoms with Gasteiger partial charge < -0.3 is 10.2 Å². The van der Waals surface area contributed by atoms with Gasteiger partial charge in [-0.3, -0.25) is 9.78 Å². The van der Waals surface area contributed by atoms with Gasteiger partial charge in [0.25, 0.3) is 0 Å². The van der Waals surface area contributed by atoms with Crippen molar-refractivity contribution >= 4 is 29.7 Å². The Morgan fingerprint density at radius 2 is 2.32 bits per heavy atom. The topological polar surface area (TPSA) is 45.2 Å². The molecule has 0 spiro atoms. The Morgan fingerprint density at radius 3 is 3.00 bits per heavy atom. The van der Waals surface area contributed by atoms with Crippen molar-refractivity contribution in [1.29, 1.82) is 0 Å². The molecule has 2 aromatic heterocycles. The summed E-state index contributed by atoms with van der Waals surface area (Å²) >= 11 is 1.70. The third kappa shape index (κ3) is 3.85. The molecule has 1 atom stereocenters. The van der Waals surface area contributed by atoms with Gasteiger partial charge in [0.05, 0.1) is 12.5 Å². The zero-order valence-electron chi connectivity index (χ0n) is 12.5. The van der Waals surface area contributed by atoms with Gasteiger partial charge in [0, 0.05) is 41.8 Å². The number of hydrogen-bond acceptors (Lipinski definition) is 4. The molecule has 1 aliphatic heterocycles. The largest absolute Gasteiger partial charge is 0.333 e. The second kappa shape index (κ2) is 7.72. The van der Waals surface area contributed by atoms with Crippen molar-refractivity contribution in [3.05, 3.63) is 52.0 Å². The number of rotatable bonds is 3. The molecule has 0 saturated carbocycles. The molecule has 6 heteroatoms. The second-order valence-electron chi connectivity index (χ2n) is 5.28. The monoisotopic (exact) mass is 337 g/mol. The minimum Gasteiger partial charge on any atom is -0.333 e. The van der Waals surface area contributed by atoms with Gasteiger partial charge in [0.2, 0.25) is 5.91 Å². The first-order chi connectivity index (χ1) is 10.2. The molecule has 1 N–H and O–H groups in total. The van der Waals surface area contributed by atoms with Gasteiger partial charge in [-0.1, -0.05) is 6.07 Å². The van der Waals surface area contributed by atoms with Crippen LogP contribution in [0, 0.1) is 6.92 Å². The van der Waals surface area contributed by atoms with Gasteiger partial charge in [0.15, 0.2) is 0 Å². The van der Waals surface area contributed by atoms with Crippen LogP contribution in [-0.4, -0.2) is 35.4 Å². The molecular formula is C16H20ClN3OS. The van der Waals surface area contributed by atoms with Gasteiger partial charge in [-0.15, -0.1) is 23.7 Å². The summed E-state index contributed by atoms with van der Waals surface area (Å²) in [6.45, 7) is 4.47. The number of aryl methyl sites for hydroxylation is 1. The highest BCUT2D eigenvalue weighted by Gasteiger charge is 2.28. The molecule has 2 aromatic rings. The Labute approximate surface area is 141 Å². The maximum atomic E-state index is 12.6. The molecule has 1 fully saturated rings. The average molecular weight is 338 g/mol. The van der Waals surface area contributed by atoms with Crippen LogP contribution in [0.3, 0.4) is 0 Å². The van der Waals surface area contributed by atoms with Crippen LogP contribution in [0.25, 0.3) is 0 Å². The fraction of sp³-hybridized carbons (Fsp3) is 0.375. The smallest absolute Gasteiger partial charge is 0.228 e. The number of nitrogens with one attached hydrogen (secondary N) is 1. The SMILES string of the molecule is Cc1ccc(CC(=O)N2CCNCC2c2cccnc2)s1.Cl. The maximum absolute atomic E-state index is 12.6. The Hall–Kier alpha value is -1.43. The van der Waals surface area contributed by atoms with E-state index in [1.54, 1.807) is 17.5 Å². The zero-order valence-corrected chi connectivity index (χ0v) is 14.1. The molecule has 1 unspecified atom stereocenters. The zero-order chi connectivity index (χ0) is 14.7. The van der Waals surface area contributed by atoms with E-state index in [0.29, 0.717) is 6.42 Å². The molecule has 1 amide bonds. The Bertz CT molecular complexity index is 617. The number of carbonyl (C=O) groups is 1. The van der Waals surface area contributed by atoms with Crippen molar-refractivity contribution < 1.29 is 4.79 Å². The van der Waals surface area contributed by atoms with Crippen molar-refractivity contribution in [1.82, 2.24) is 15.2 Å². The van der Waals surface area contributed by atoms with Crippen molar-refractivity contribution in [3.63, 3.8) is 0 Å². The predicted molar refractivity (Wildman–Crippen MR) is 91.6 cm³/mol. The van der Waals surface area contributed by atoms with Gasteiger partial charge in [0.1, 0.15) is 0 Å². The number of thiophene rings is 1. The van der Waals surface area contributed by atoms with E-state index in [-0.39, 0.29) is 24.4 Å². The standard InChI is InChI=1S/C16H19N3OS.ClH/c1-12-4-5-14(21-12)9-16(20)19-8-7-18-11-15(19)13-3-2-6-17-10-13;/h2-6,10,15,18H,7-9,11H2,1H3;1H. The van der Waals surface area contributed by atoms with Crippen LogP contribution >= 0.6 is 23.7 Å². The number of piperazine rings is 1. The summed E-state index contributed by atoms with van der Waals surface area (Å²) in [6.07, 6.45) is 4.11. The molecule has 1 aliphatic rings. The molecule has 4 nitrogen and oxygen atoms in total.